The molecule has 1 unspecified atom stereocenters. The van der Waals surface area contributed by atoms with Gasteiger partial charge in [0.05, 0.1) is 15.0 Å². The van der Waals surface area contributed by atoms with E-state index in [4.69, 9.17) is 22.4 Å². The third kappa shape index (κ3) is 3.23. The third-order valence-corrected chi connectivity index (χ3v) is 5.62. The maximum absolute atomic E-state index is 12.8. The Hall–Kier alpha value is -2.63. The van der Waals surface area contributed by atoms with Crippen LogP contribution in [0, 0.1) is 0 Å². The summed E-state index contributed by atoms with van der Waals surface area (Å²) in [5.74, 6) is 0.982. The fourth-order valence-electron chi connectivity index (χ4n) is 2.91. The van der Waals surface area contributed by atoms with Gasteiger partial charge in [-0.1, -0.05) is 66.4 Å². The van der Waals surface area contributed by atoms with Crippen molar-refractivity contribution in [3.05, 3.63) is 83.0 Å². The quantitative estimate of drug-likeness (QED) is 0.381. The van der Waals surface area contributed by atoms with Crippen molar-refractivity contribution in [1.29, 1.82) is 0 Å². The van der Waals surface area contributed by atoms with Crippen LogP contribution in [-0.4, -0.2) is 9.98 Å². The molecule has 4 rings (SSSR count). The molecule has 128 valence electrons. The Labute approximate surface area is 160 Å². The van der Waals surface area contributed by atoms with Gasteiger partial charge in [-0.05, 0) is 35.9 Å². The Morgan fingerprint density at radius 2 is 1.85 bits per heavy atom. The molecule has 5 heteroatoms. The summed E-state index contributed by atoms with van der Waals surface area (Å²) in [4.78, 5) is 13.4. The summed E-state index contributed by atoms with van der Waals surface area (Å²) in [5, 5.41) is 0. The molecule has 3 aromatic rings. The highest BCUT2D eigenvalue weighted by Gasteiger charge is 2.36. The van der Waals surface area contributed by atoms with Crippen LogP contribution in [0.1, 0.15) is 17.2 Å². The van der Waals surface area contributed by atoms with Crippen molar-refractivity contribution in [1.82, 2.24) is 0 Å². The first-order valence-corrected chi connectivity index (χ1v) is 9.32. The number of nitrogen functional groups attached to an aromatic ring is 1. The average Bonchev–Trinajstić information content (AvgIpc) is 3.21. The van der Waals surface area contributed by atoms with Crippen LogP contribution in [0.15, 0.2) is 76.1 Å². The van der Waals surface area contributed by atoms with Crippen molar-refractivity contribution in [3.8, 4) is 11.3 Å². The van der Waals surface area contributed by atoms with Crippen molar-refractivity contribution < 1.29 is 9.21 Å². The second-order valence-electron chi connectivity index (χ2n) is 5.97. The first-order chi connectivity index (χ1) is 12.6. The first kappa shape index (κ1) is 16.8. The van der Waals surface area contributed by atoms with Crippen LogP contribution >= 0.6 is 24.0 Å². The minimum absolute atomic E-state index is 0.0214. The van der Waals surface area contributed by atoms with Crippen LogP contribution in [0.3, 0.4) is 0 Å². The van der Waals surface area contributed by atoms with Crippen molar-refractivity contribution in [3.63, 3.8) is 0 Å². The van der Waals surface area contributed by atoms with E-state index in [0.29, 0.717) is 26.3 Å². The van der Waals surface area contributed by atoms with Crippen LogP contribution in [0.25, 0.3) is 17.4 Å². The summed E-state index contributed by atoms with van der Waals surface area (Å²) in [6.45, 7) is 0. The van der Waals surface area contributed by atoms with E-state index in [1.807, 2.05) is 66.7 Å². The lowest BCUT2D eigenvalue weighted by Crippen LogP contribution is -2.10. The molecule has 0 bridgehead atoms. The first-order valence-electron chi connectivity index (χ1n) is 8.10. The number of Topliss-reactive ketones (excluding diaryl/α,β-unsaturated/α-hetero) is 1. The lowest BCUT2D eigenvalue weighted by molar-refractivity contribution is -0.114. The van der Waals surface area contributed by atoms with Gasteiger partial charge in [-0.15, -0.1) is 0 Å². The molecule has 1 aromatic heterocycles. The fourth-order valence-corrected chi connectivity index (χ4v) is 4.39. The normalized spacial score (nSPS) is 18.6. The van der Waals surface area contributed by atoms with Crippen molar-refractivity contribution in [2.75, 3.05) is 5.73 Å². The second-order valence-corrected chi connectivity index (χ2v) is 7.75. The molecular formula is C21H15NO2S2. The van der Waals surface area contributed by atoms with Gasteiger partial charge in [-0.25, -0.2) is 0 Å². The van der Waals surface area contributed by atoms with Gasteiger partial charge in [0, 0.05) is 11.3 Å². The number of ketones is 1. The Morgan fingerprint density at radius 3 is 2.62 bits per heavy atom. The van der Waals surface area contributed by atoms with Gasteiger partial charge in [-0.2, -0.15) is 0 Å². The Balaban J connectivity index is 1.62. The van der Waals surface area contributed by atoms with Gasteiger partial charge in [0.2, 0.25) is 0 Å². The van der Waals surface area contributed by atoms with E-state index in [1.165, 1.54) is 11.8 Å². The number of thioether (sulfide) groups is 1. The molecule has 1 aliphatic heterocycles. The van der Waals surface area contributed by atoms with Crippen molar-refractivity contribution >= 4 is 45.7 Å². The monoisotopic (exact) mass is 377 g/mol. The fraction of sp³-hybridized carbons (Fsp3) is 0.0476. The number of carbonyl (C=O) groups is 1. The number of carbonyl (C=O) groups excluding carboxylic acids is 1. The number of hydrogen-bond acceptors (Lipinski definition) is 5. The summed E-state index contributed by atoms with van der Waals surface area (Å²) < 4.78 is 6.55. The van der Waals surface area contributed by atoms with Crippen LogP contribution in [0.4, 0.5) is 5.69 Å². The zero-order valence-electron chi connectivity index (χ0n) is 13.7. The number of nitrogens with two attached hydrogens (primary N) is 1. The van der Waals surface area contributed by atoms with Crippen molar-refractivity contribution in [2.45, 2.75) is 5.92 Å². The second kappa shape index (κ2) is 6.94. The standard InChI is InChI=1S/C21H15NO2S2/c22-15-8-4-7-14(11-15)17-10-9-16(24-17)12-18-20(23)19(21(25)26-18)13-5-2-1-3-6-13/h1-12,19H,22H2/b18-12+. The summed E-state index contributed by atoms with van der Waals surface area (Å²) >= 11 is 6.79. The Morgan fingerprint density at radius 1 is 1.04 bits per heavy atom. The van der Waals surface area contributed by atoms with Gasteiger partial charge in [0.1, 0.15) is 11.5 Å². The lowest BCUT2D eigenvalue weighted by Gasteiger charge is -2.06. The average molecular weight is 377 g/mol. The van der Waals surface area contributed by atoms with Crippen molar-refractivity contribution in [2.24, 2.45) is 0 Å². The molecular weight excluding hydrogens is 362 g/mol. The molecule has 1 saturated heterocycles. The molecule has 1 atom stereocenters. The number of thiocarbonyl (C=S) groups is 1. The zero-order valence-corrected chi connectivity index (χ0v) is 15.3. The topological polar surface area (TPSA) is 56.2 Å². The summed E-state index contributed by atoms with van der Waals surface area (Å²) in [5.41, 5.74) is 8.33. The van der Waals surface area contributed by atoms with Gasteiger partial charge in [0.25, 0.3) is 0 Å². The van der Waals surface area contributed by atoms with Crippen LogP contribution < -0.4 is 5.73 Å². The number of allylic oxidation sites excluding steroid dienone is 1. The molecule has 0 radical (unpaired) electrons. The summed E-state index contributed by atoms with van der Waals surface area (Å²) in [6, 6.07) is 20.8. The highest BCUT2D eigenvalue weighted by molar-refractivity contribution is 8.27. The molecule has 1 aliphatic rings. The number of anilines is 1. The number of rotatable bonds is 3. The molecule has 1 fully saturated rings. The predicted molar refractivity (Wildman–Crippen MR) is 111 cm³/mol. The smallest absolute Gasteiger partial charge is 0.182 e. The van der Waals surface area contributed by atoms with Gasteiger partial charge in [-0.3, -0.25) is 4.79 Å². The van der Waals surface area contributed by atoms with Crippen LogP contribution in [-0.2, 0) is 4.79 Å². The molecule has 0 spiro atoms. The number of furan rings is 1. The molecule has 2 aromatic carbocycles. The summed E-state index contributed by atoms with van der Waals surface area (Å²) in [7, 11) is 0. The number of hydrogen-bond donors (Lipinski definition) is 1. The van der Waals surface area contributed by atoms with Crippen LogP contribution in [0.5, 0.6) is 0 Å². The predicted octanol–water partition coefficient (Wildman–Crippen LogP) is 5.30. The SMILES string of the molecule is Nc1cccc(-c2ccc(/C=C3/SC(=S)C(c4ccccc4)C3=O)o2)c1. The van der Waals surface area contributed by atoms with E-state index < -0.39 is 0 Å². The van der Waals surface area contributed by atoms with Crippen LogP contribution in [0.2, 0.25) is 0 Å². The largest absolute Gasteiger partial charge is 0.457 e. The van der Waals surface area contributed by atoms with E-state index >= 15 is 0 Å². The Kier molecular flexibility index (Phi) is 4.49. The van der Waals surface area contributed by atoms with E-state index in [-0.39, 0.29) is 11.7 Å². The van der Waals surface area contributed by atoms with E-state index in [9.17, 15) is 4.79 Å². The molecule has 0 saturated carbocycles. The molecule has 0 aliphatic carbocycles. The van der Waals surface area contributed by atoms with E-state index in [1.54, 1.807) is 6.08 Å². The minimum atomic E-state index is -0.370. The van der Waals surface area contributed by atoms with Gasteiger partial charge >= 0.3 is 0 Å². The minimum Gasteiger partial charge on any atom is -0.457 e. The zero-order chi connectivity index (χ0) is 18.1. The third-order valence-electron chi connectivity index (χ3n) is 4.16. The Bertz CT molecular complexity index is 1020. The lowest BCUT2D eigenvalue weighted by atomic mass is 9.96. The molecule has 3 nitrogen and oxygen atoms in total. The van der Waals surface area contributed by atoms with E-state index in [2.05, 4.69) is 0 Å². The highest BCUT2D eigenvalue weighted by atomic mass is 32.2. The molecule has 2 heterocycles. The van der Waals surface area contributed by atoms with E-state index in [0.717, 1.165) is 11.1 Å². The highest BCUT2D eigenvalue weighted by Crippen LogP contribution is 2.41. The molecule has 2 N–H and O–H groups in total. The maximum atomic E-state index is 12.8. The van der Waals surface area contributed by atoms with Gasteiger partial charge in [0.15, 0.2) is 5.78 Å². The number of benzene rings is 2. The van der Waals surface area contributed by atoms with Gasteiger partial charge < -0.3 is 10.2 Å². The molecule has 26 heavy (non-hydrogen) atoms. The summed E-state index contributed by atoms with van der Waals surface area (Å²) in [6.07, 6.45) is 1.76. The maximum Gasteiger partial charge on any atom is 0.182 e. The molecule has 0 amide bonds.